The number of aliphatic hydroxyl groups is 1. The average molecular weight is 479 g/mol. The van der Waals surface area contributed by atoms with Crippen LogP contribution in [0.2, 0.25) is 5.02 Å². The molecule has 2 aromatic heterocycles. The summed E-state index contributed by atoms with van der Waals surface area (Å²) in [5, 5.41) is 19.5. The minimum atomic E-state index is -1.92. The number of hydrogen-bond acceptors (Lipinski definition) is 6. The fourth-order valence-corrected chi connectivity index (χ4v) is 3.65. The number of ether oxygens (including phenoxy) is 1. The SMILES string of the molecule is C[C@@H](OCc1cc(-c2ccc(F)cc2Cl)no1)C(O)(Cn1cncn1)c1ccc(F)cc1F. The van der Waals surface area contributed by atoms with Crippen LogP contribution in [0.15, 0.2) is 59.6 Å². The van der Waals surface area contributed by atoms with Crippen LogP contribution in [0.5, 0.6) is 0 Å². The monoisotopic (exact) mass is 478 g/mol. The summed E-state index contributed by atoms with van der Waals surface area (Å²) in [5.41, 5.74) is -1.25. The van der Waals surface area contributed by atoms with Crippen molar-refractivity contribution in [1.82, 2.24) is 19.9 Å². The highest BCUT2D eigenvalue weighted by Gasteiger charge is 2.40. The van der Waals surface area contributed by atoms with Gasteiger partial charge in [-0.05, 0) is 31.2 Å². The Hall–Kier alpha value is -3.21. The van der Waals surface area contributed by atoms with Crippen molar-refractivity contribution in [2.75, 3.05) is 0 Å². The summed E-state index contributed by atoms with van der Waals surface area (Å²) < 4.78 is 53.7. The second-order valence-corrected chi connectivity index (χ2v) is 7.80. The van der Waals surface area contributed by atoms with Gasteiger partial charge in [0, 0.05) is 23.3 Å². The van der Waals surface area contributed by atoms with Gasteiger partial charge in [-0.2, -0.15) is 5.10 Å². The van der Waals surface area contributed by atoms with Crippen molar-refractivity contribution in [3.8, 4) is 11.3 Å². The van der Waals surface area contributed by atoms with Crippen molar-refractivity contribution < 1.29 is 27.5 Å². The highest BCUT2D eigenvalue weighted by atomic mass is 35.5. The van der Waals surface area contributed by atoms with Crippen LogP contribution in [0.25, 0.3) is 11.3 Å². The third kappa shape index (κ3) is 4.92. The van der Waals surface area contributed by atoms with E-state index in [0.29, 0.717) is 23.1 Å². The van der Waals surface area contributed by atoms with Gasteiger partial charge in [0.2, 0.25) is 0 Å². The lowest BCUT2D eigenvalue weighted by Crippen LogP contribution is -2.44. The molecule has 4 aromatic rings. The molecule has 0 aliphatic carbocycles. The highest BCUT2D eigenvalue weighted by Crippen LogP contribution is 2.33. The lowest BCUT2D eigenvalue weighted by atomic mass is 9.88. The predicted molar refractivity (Wildman–Crippen MR) is 111 cm³/mol. The van der Waals surface area contributed by atoms with Crippen molar-refractivity contribution in [2.24, 2.45) is 0 Å². The molecule has 4 rings (SSSR count). The first-order chi connectivity index (χ1) is 15.8. The quantitative estimate of drug-likeness (QED) is 0.401. The number of rotatable bonds is 8. The van der Waals surface area contributed by atoms with E-state index < -0.39 is 29.2 Å². The summed E-state index contributed by atoms with van der Waals surface area (Å²) in [7, 11) is 0. The molecule has 0 spiro atoms. The van der Waals surface area contributed by atoms with Crippen molar-refractivity contribution >= 4 is 11.6 Å². The molecule has 1 unspecified atom stereocenters. The van der Waals surface area contributed by atoms with Gasteiger partial charge >= 0.3 is 0 Å². The average Bonchev–Trinajstić information content (AvgIpc) is 3.44. The Morgan fingerprint density at radius 3 is 2.61 bits per heavy atom. The summed E-state index contributed by atoms with van der Waals surface area (Å²) >= 11 is 6.06. The molecule has 2 heterocycles. The summed E-state index contributed by atoms with van der Waals surface area (Å²) in [6.07, 6.45) is 1.63. The molecule has 2 atom stereocenters. The zero-order valence-electron chi connectivity index (χ0n) is 17.3. The Kier molecular flexibility index (Phi) is 6.50. The van der Waals surface area contributed by atoms with Gasteiger partial charge in [-0.1, -0.05) is 22.8 Å². The second kappa shape index (κ2) is 9.34. The van der Waals surface area contributed by atoms with Crippen LogP contribution in [0.4, 0.5) is 13.2 Å². The number of halogens is 4. The summed E-state index contributed by atoms with van der Waals surface area (Å²) in [5.74, 6) is -1.90. The van der Waals surface area contributed by atoms with E-state index >= 15 is 0 Å². The maximum atomic E-state index is 14.6. The lowest BCUT2D eigenvalue weighted by molar-refractivity contribution is -0.126. The minimum Gasteiger partial charge on any atom is -0.380 e. The molecule has 172 valence electrons. The largest absolute Gasteiger partial charge is 0.380 e. The van der Waals surface area contributed by atoms with Crippen LogP contribution in [0, 0.1) is 17.5 Å². The van der Waals surface area contributed by atoms with Crippen LogP contribution >= 0.6 is 11.6 Å². The molecule has 0 amide bonds. The smallest absolute Gasteiger partial charge is 0.163 e. The molecule has 11 heteroatoms. The van der Waals surface area contributed by atoms with E-state index in [1.165, 1.54) is 36.4 Å². The van der Waals surface area contributed by atoms with Gasteiger partial charge in [0.1, 0.15) is 48.0 Å². The fraction of sp³-hybridized carbons (Fsp3) is 0.227. The molecule has 33 heavy (non-hydrogen) atoms. The van der Waals surface area contributed by atoms with Gasteiger partial charge in [-0.3, -0.25) is 0 Å². The van der Waals surface area contributed by atoms with E-state index in [-0.39, 0.29) is 23.7 Å². The van der Waals surface area contributed by atoms with Crippen LogP contribution in [0.1, 0.15) is 18.2 Å². The standard InChI is InChI=1S/C22H18ClF3N4O3/c1-13(32-9-16-8-21(29-33-16)17-4-2-14(24)6-19(17)23)22(31,10-30-12-27-11-28-30)18-5-3-15(25)7-20(18)26/h2-8,11-13,31H,9-10H2,1H3/t13-,22?/m1/s1. The second-order valence-electron chi connectivity index (χ2n) is 7.40. The van der Waals surface area contributed by atoms with Gasteiger partial charge in [-0.25, -0.2) is 22.8 Å². The number of aromatic nitrogens is 4. The van der Waals surface area contributed by atoms with Crippen molar-refractivity contribution in [3.05, 3.63) is 88.9 Å². The highest BCUT2D eigenvalue weighted by molar-refractivity contribution is 6.33. The molecule has 0 aliphatic heterocycles. The first-order valence-electron chi connectivity index (χ1n) is 9.79. The Morgan fingerprint density at radius 2 is 1.91 bits per heavy atom. The molecule has 7 nitrogen and oxygen atoms in total. The maximum absolute atomic E-state index is 14.6. The van der Waals surface area contributed by atoms with Gasteiger partial charge in [-0.15, -0.1) is 0 Å². The van der Waals surface area contributed by atoms with Crippen LogP contribution in [0.3, 0.4) is 0 Å². The topological polar surface area (TPSA) is 86.2 Å². The van der Waals surface area contributed by atoms with E-state index in [1.54, 1.807) is 6.07 Å². The summed E-state index contributed by atoms with van der Waals surface area (Å²) in [6, 6.07) is 8.32. The Labute approximate surface area is 191 Å². The Balaban J connectivity index is 1.55. The zero-order chi connectivity index (χ0) is 23.6. The molecule has 0 fully saturated rings. The number of benzene rings is 2. The zero-order valence-corrected chi connectivity index (χ0v) is 18.0. The van der Waals surface area contributed by atoms with Crippen LogP contribution in [-0.2, 0) is 23.5 Å². The molecule has 0 aliphatic rings. The molecule has 0 saturated carbocycles. The van der Waals surface area contributed by atoms with Crippen molar-refractivity contribution in [2.45, 2.75) is 31.8 Å². The Bertz CT molecular complexity index is 1250. The molecule has 1 N–H and O–H groups in total. The molecule has 0 radical (unpaired) electrons. The lowest BCUT2D eigenvalue weighted by Gasteiger charge is -2.34. The molecule has 2 aromatic carbocycles. The van der Waals surface area contributed by atoms with E-state index in [1.807, 2.05) is 0 Å². The molecule has 0 bridgehead atoms. The van der Waals surface area contributed by atoms with E-state index in [9.17, 15) is 18.3 Å². The number of hydrogen-bond donors (Lipinski definition) is 1. The third-order valence-electron chi connectivity index (χ3n) is 5.18. The first-order valence-corrected chi connectivity index (χ1v) is 10.2. The van der Waals surface area contributed by atoms with Gasteiger partial charge in [0.05, 0.1) is 17.7 Å². The fourth-order valence-electron chi connectivity index (χ4n) is 3.38. The van der Waals surface area contributed by atoms with Gasteiger partial charge in [0.25, 0.3) is 0 Å². The molecular weight excluding hydrogens is 461 g/mol. The maximum Gasteiger partial charge on any atom is 0.163 e. The Morgan fingerprint density at radius 1 is 1.15 bits per heavy atom. The number of nitrogens with zero attached hydrogens (tertiary/aromatic N) is 4. The van der Waals surface area contributed by atoms with Gasteiger partial charge in [0.15, 0.2) is 5.76 Å². The normalized spacial score (nSPS) is 14.2. The van der Waals surface area contributed by atoms with Crippen LogP contribution < -0.4 is 0 Å². The predicted octanol–water partition coefficient (Wildman–Crippen LogP) is 4.50. The van der Waals surface area contributed by atoms with E-state index in [2.05, 4.69) is 15.2 Å². The minimum absolute atomic E-state index is 0.130. The summed E-state index contributed by atoms with van der Waals surface area (Å²) in [6.45, 7) is 1.20. The van der Waals surface area contributed by atoms with E-state index in [4.69, 9.17) is 20.9 Å². The van der Waals surface area contributed by atoms with Gasteiger partial charge < -0.3 is 14.4 Å². The summed E-state index contributed by atoms with van der Waals surface area (Å²) in [4.78, 5) is 3.82. The molecular formula is C22H18ClF3N4O3. The first kappa shape index (κ1) is 23.0. The molecule has 0 saturated heterocycles. The van der Waals surface area contributed by atoms with Crippen LogP contribution in [-0.4, -0.2) is 31.1 Å². The van der Waals surface area contributed by atoms with Crippen molar-refractivity contribution in [3.63, 3.8) is 0 Å². The van der Waals surface area contributed by atoms with E-state index in [0.717, 1.165) is 18.2 Å². The van der Waals surface area contributed by atoms with Crippen molar-refractivity contribution in [1.29, 1.82) is 0 Å². The third-order valence-corrected chi connectivity index (χ3v) is 5.49.